The van der Waals surface area contributed by atoms with E-state index in [0.29, 0.717) is 5.69 Å². The van der Waals surface area contributed by atoms with Crippen LogP contribution in [0, 0.1) is 26.7 Å². The number of amides is 2. The fourth-order valence-electron chi connectivity index (χ4n) is 3.26. The fraction of sp³-hybridized carbons (Fsp3) is 0.318. The molecule has 1 N–H and O–H groups in total. The molecule has 0 saturated carbocycles. The molecule has 2 aromatic rings. The predicted molar refractivity (Wildman–Crippen MR) is 107 cm³/mol. The molecule has 6 nitrogen and oxygen atoms in total. The Hall–Kier alpha value is -3.15. The molecule has 0 radical (unpaired) electrons. The Bertz CT molecular complexity index is 923. The van der Waals surface area contributed by atoms with E-state index in [0.717, 1.165) is 22.4 Å². The highest BCUT2D eigenvalue weighted by atomic mass is 16.5. The second-order valence-electron chi connectivity index (χ2n) is 7.17. The van der Waals surface area contributed by atoms with Crippen LogP contribution in [0.2, 0.25) is 0 Å². The van der Waals surface area contributed by atoms with Gasteiger partial charge in [-0.05, 0) is 49.6 Å². The molecule has 146 valence electrons. The summed E-state index contributed by atoms with van der Waals surface area (Å²) in [6, 6.07) is 13.2. The number of carbonyl (C=O) groups is 3. The molecular formula is C22H24N2O4. The molecule has 0 bridgehead atoms. The van der Waals surface area contributed by atoms with Crippen molar-refractivity contribution < 1.29 is 19.1 Å². The summed E-state index contributed by atoms with van der Waals surface area (Å²) in [5, 5.41) is 2.72. The van der Waals surface area contributed by atoms with Gasteiger partial charge in [-0.1, -0.05) is 30.3 Å². The molecule has 1 atom stereocenters. The van der Waals surface area contributed by atoms with E-state index < -0.39 is 17.8 Å². The first-order valence-electron chi connectivity index (χ1n) is 9.25. The van der Waals surface area contributed by atoms with Crippen LogP contribution in [0.25, 0.3) is 0 Å². The van der Waals surface area contributed by atoms with Crippen LogP contribution in [0.15, 0.2) is 42.5 Å². The van der Waals surface area contributed by atoms with Crippen LogP contribution >= 0.6 is 0 Å². The second kappa shape index (κ2) is 8.25. The summed E-state index contributed by atoms with van der Waals surface area (Å²) < 4.78 is 5.16. The molecule has 2 amide bonds. The van der Waals surface area contributed by atoms with Crippen LogP contribution in [0.5, 0.6) is 0 Å². The summed E-state index contributed by atoms with van der Waals surface area (Å²) >= 11 is 0. The van der Waals surface area contributed by atoms with Crippen molar-refractivity contribution in [3.05, 3.63) is 59.2 Å². The number of benzene rings is 2. The number of nitrogens with one attached hydrogen (secondary N) is 1. The molecule has 1 saturated heterocycles. The van der Waals surface area contributed by atoms with Crippen LogP contribution < -0.4 is 10.2 Å². The Morgan fingerprint density at radius 1 is 1.11 bits per heavy atom. The average molecular weight is 380 g/mol. The second-order valence-corrected chi connectivity index (χ2v) is 7.17. The first kappa shape index (κ1) is 19.6. The Morgan fingerprint density at radius 2 is 1.86 bits per heavy atom. The van der Waals surface area contributed by atoms with Crippen molar-refractivity contribution in [2.24, 2.45) is 5.92 Å². The number of aryl methyl sites for hydroxylation is 3. The van der Waals surface area contributed by atoms with E-state index in [1.165, 1.54) is 0 Å². The van der Waals surface area contributed by atoms with Gasteiger partial charge in [0.15, 0.2) is 6.61 Å². The number of anilines is 2. The third-order valence-corrected chi connectivity index (χ3v) is 4.88. The summed E-state index contributed by atoms with van der Waals surface area (Å²) in [6.45, 7) is 5.67. The number of carbonyl (C=O) groups excluding carboxylic acids is 3. The number of hydrogen-bond acceptors (Lipinski definition) is 4. The van der Waals surface area contributed by atoms with Gasteiger partial charge in [-0.25, -0.2) is 0 Å². The quantitative estimate of drug-likeness (QED) is 0.809. The van der Waals surface area contributed by atoms with Crippen LogP contribution in [-0.4, -0.2) is 30.9 Å². The van der Waals surface area contributed by atoms with Crippen molar-refractivity contribution in [2.45, 2.75) is 27.2 Å². The van der Waals surface area contributed by atoms with Crippen LogP contribution in [0.1, 0.15) is 23.1 Å². The molecule has 6 heteroatoms. The molecule has 1 aliphatic heterocycles. The highest BCUT2D eigenvalue weighted by Crippen LogP contribution is 2.29. The van der Waals surface area contributed by atoms with Gasteiger partial charge in [0.1, 0.15) is 0 Å². The SMILES string of the molecule is Cc1ccc(C)c(N2C[C@H](C(=O)OCC(=O)Nc3ccccc3C)CC2=O)c1. The van der Waals surface area contributed by atoms with Gasteiger partial charge in [-0.3, -0.25) is 14.4 Å². The monoisotopic (exact) mass is 380 g/mol. The van der Waals surface area contributed by atoms with E-state index in [4.69, 9.17) is 4.74 Å². The van der Waals surface area contributed by atoms with Crippen molar-refractivity contribution in [1.82, 2.24) is 0 Å². The number of para-hydroxylation sites is 1. The zero-order chi connectivity index (χ0) is 20.3. The lowest BCUT2D eigenvalue weighted by molar-refractivity contribution is -0.151. The third kappa shape index (κ3) is 4.39. The van der Waals surface area contributed by atoms with Crippen LogP contribution in [-0.2, 0) is 19.1 Å². The van der Waals surface area contributed by atoms with Gasteiger partial charge in [0.25, 0.3) is 5.91 Å². The van der Waals surface area contributed by atoms with E-state index in [2.05, 4.69) is 5.32 Å². The lowest BCUT2D eigenvalue weighted by Gasteiger charge is -2.19. The van der Waals surface area contributed by atoms with Crippen molar-refractivity contribution in [1.29, 1.82) is 0 Å². The molecule has 1 fully saturated rings. The normalized spacial score (nSPS) is 16.2. The van der Waals surface area contributed by atoms with E-state index in [1.54, 1.807) is 11.0 Å². The number of ether oxygens (including phenoxy) is 1. The van der Waals surface area contributed by atoms with Crippen molar-refractivity contribution in [3.8, 4) is 0 Å². The molecule has 0 aliphatic carbocycles. The lowest BCUT2D eigenvalue weighted by atomic mass is 10.1. The first-order valence-corrected chi connectivity index (χ1v) is 9.25. The summed E-state index contributed by atoms with van der Waals surface area (Å²) in [6.07, 6.45) is 0.0889. The Kier molecular flexibility index (Phi) is 5.78. The summed E-state index contributed by atoms with van der Waals surface area (Å²) in [4.78, 5) is 38.4. The predicted octanol–water partition coefficient (Wildman–Crippen LogP) is 3.15. The topological polar surface area (TPSA) is 75.7 Å². The lowest BCUT2D eigenvalue weighted by Crippen LogP contribution is -2.28. The molecule has 0 unspecified atom stereocenters. The molecular weight excluding hydrogens is 356 g/mol. The van der Waals surface area contributed by atoms with Crippen molar-refractivity contribution in [2.75, 3.05) is 23.4 Å². The van der Waals surface area contributed by atoms with E-state index in [1.807, 2.05) is 57.2 Å². The molecule has 0 spiro atoms. The van der Waals surface area contributed by atoms with Gasteiger partial charge in [-0.15, -0.1) is 0 Å². The van der Waals surface area contributed by atoms with Gasteiger partial charge in [-0.2, -0.15) is 0 Å². The van der Waals surface area contributed by atoms with Crippen LogP contribution in [0.4, 0.5) is 11.4 Å². The van der Waals surface area contributed by atoms with E-state index in [-0.39, 0.29) is 25.5 Å². The number of hydrogen-bond donors (Lipinski definition) is 1. The van der Waals surface area contributed by atoms with Crippen LogP contribution in [0.3, 0.4) is 0 Å². The Morgan fingerprint density at radius 3 is 2.61 bits per heavy atom. The average Bonchev–Trinajstić information content (AvgIpc) is 3.05. The minimum absolute atomic E-state index is 0.0889. The first-order chi connectivity index (χ1) is 13.3. The molecule has 3 rings (SSSR count). The molecule has 0 aromatic heterocycles. The summed E-state index contributed by atoms with van der Waals surface area (Å²) in [5.74, 6) is -1.61. The van der Waals surface area contributed by atoms with E-state index in [9.17, 15) is 14.4 Å². The maximum atomic E-state index is 12.4. The number of nitrogens with zero attached hydrogens (tertiary/aromatic N) is 1. The van der Waals surface area contributed by atoms with Gasteiger partial charge in [0.2, 0.25) is 5.91 Å². The highest BCUT2D eigenvalue weighted by Gasteiger charge is 2.36. The summed E-state index contributed by atoms with van der Waals surface area (Å²) in [7, 11) is 0. The minimum Gasteiger partial charge on any atom is -0.455 e. The maximum Gasteiger partial charge on any atom is 0.311 e. The number of esters is 1. The number of rotatable bonds is 5. The van der Waals surface area contributed by atoms with Gasteiger partial charge in [0, 0.05) is 24.3 Å². The largest absolute Gasteiger partial charge is 0.455 e. The minimum atomic E-state index is -0.571. The van der Waals surface area contributed by atoms with Crippen molar-refractivity contribution in [3.63, 3.8) is 0 Å². The standard InChI is InChI=1S/C22H24N2O4/c1-14-8-9-16(3)19(10-14)24-12-17(11-21(24)26)22(27)28-13-20(25)23-18-7-5-4-6-15(18)2/h4-10,17H,11-13H2,1-3H3,(H,23,25)/t17-/m1/s1. The van der Waals surface area contributed by atoms with Gasteiger partial charge < -0.3 is 15.0 Å². The highest BCUT2D eigenvalue weighted by molar-refractivity contribution is 6.00. The molecule has 1 aliphatic rings. The summed E-state index contributed by atoms with van der Waals surface area (Å²) in [5.41, 5.74) is 4.45. The van der Waals surface area contributed by atoms with Gasteiger partial charge in [0.05, 0.1) is 5.92 Å². The molecule has 2 aromatic carbocycles. The third-order valence-electron chi connectivity index (χ3n) is 4.88. The van der Waals surface area contributed by atoms with Gasteiger partial charge >= 0.3 is 5.97 Å². The van der Waals surface area contributed by atoms with Crippen molar-refractivity contribution >= 4 is 29.2 Å². The zero-order valence-electron chi connectivity index (χ0n) is 16.3. The van der Waals surface area contributed by atoms with E-state index >= 15 is 0 Å². The Balaban J connectivity index is 1.57. The molecule has 28 heavy (non-hydrogen) atoms. The smallest absolute Gasteiger partial charge is 0.311 e. The zero-order valence-corrected chi connectivity index (χ0v) is 16.3. The Labute approximate surface area is 164 Å². The maximum absolute atomic E-state index is 12.4. The fourth-order valence-corrected chi connectivity index (χ4v) is 3.26. The molecule has 1 heterocycles.